The lowest BCUT2D eigenvalue weighted by molar-refractivity contribution is 0.366. The van der Waals surface area contributed by atoms with Crippen molar-refractivity contribution in [3.8, 4) is 0 Å². The predicted octanol–water partition coefficient (Wildman–Crippen LogP) is 0.649. The van der Waals surface area contributed by atoms with E-state index in [0.717, 1.165) is 6.42 Å². The van der Waals surface area contributed by atoms with Crippen molar-refractivity contribution in [3.05, 3.63) is 0 Å². The quantitative estimate of drug-likeness (QED) is 0.509. The summed E-state index contributed by atoms with van der Waals surface area (Å²) in [5.74, 6) is 0. The molecule has 0 aromatic heterocycles. The third-order valence-electron chi connectivity index (χ3n) is 2.80. The lowest BCUT2D eigenvalue weighted by Crippen LogP contribution is -2.22. The van der Waals surface area contributed by atoms with Crippen LogP contribution in [0.3, 0.4) is 0 Å². The van der Waals surface area contributed by atoms with Crippen LogP contribution in [0.1, 0.15) is 27.2 Å². The summed E-state index contributed by atoms with van der Waals surface area (Å²) in [5.41, 5.74) is 0.126. The van der Waals surface area contributed by atoms with Gasteiger partial charge in [-0.1, -0.05) is 20.8 Å². The summed E-state index contributed by atoms with van der Waals surface area (Å²) in [4.78, 5) is 0. The molecular formula is C6H13BO2. The summed E-state index contributed by atoms with van der Waals surface area (Å²) in [5, 5.41) is 17.4. The Hall–Kier alpha value is -0.0151. The Morgan fingerprint density at radius 3 is 1.56 bits per heavy atom. The molecule has 1 aliphatic carbocycles. The monoisotopic (exact) mass is 128 g/mol. The van der Waals surface area contributed by atoms with Gasteiger partial charge in [0.25, 0.3) is 0 Å². The van der Waals surface area contributed by atoms with Gasteiger partial charge in [0.15, 0.2) is 0 Å². The van der Waals surface area contributed by atoms with Gasteiger partial charge in [-0.3, -0.25) is 0 Å². The van der Waals surface area contributed by atoms with Gasteiger partial charge in [0.05, 0.1) is 0 Å². The number of hydrogen-bond acceptors (Lipinski definition) is 2. The molecule has 1 unspecified atom stereocenters. The van der Waals surface area contributed by atoms with Crippen molar-refractivity contribution in [2.75, 3.05) is 0 Å². The van der Waals surface area contributed by atoms with Gasteiger partial charge >= 0.3 is 7.12 Å². The van der Waals surface area contributed by atoms with E-state index in [4.69, 9.17) is 10.0 Å². The van der Waals surface area contributed by atoms with E-state index in [2.05, 4.69) is 0 Å². The predicted molar refractivity (Wildman–Crippen MR) is 37.0 cm³/mol. The van der Waals surface area contributed by atoms with Crippen LogP contribution in [0.2, 0.25) is 5.31 Å². The fourth-order valence-electron chi connectivity index (χ4n) is 1.31. The van der Waals surface area contributed by atoms with Gasteiger partial charge in [0.2, 0.25) is 0 Å². The van der Waals surface area contributed by atoms with E-state index in [0.29, 0.717) is 0 Å². The van der Waals surface area contributed by atoms with Crippen LogP contribution in [0.5, 0.6) is 0 Å². The third-order valence-corrected chi connectivity index (χ3v) is 2.80. The third kappa shape index (κ3) is 0.794. The van der Waals surface area contributed by atoms with Crippen molar-refractivity contribution < 1.29 is 10.0 Å². The van der Waals surface area contributed by atoms with Crippen LogP contribution < -0.4 is 0 Å². The molecule has 1 saturated carbocycles. The highest BCUT2D eigenvalue weighted by molar-refractivity contribution is 6.47. The second-order valence-electron chi connectivity index (χ2n) is 3.85. The molecule has 0 heterocycles. The largest absolute Gasteiger partial charge is 0.458 e. The molecule has 9 heavy (non-hydrogen) atoms. The smallest absolute Gasteiger partial charge is 0.427 e. The van der Waals surface area contributed by atoms with Crippen LogP contribution >= 0.6 is 0 Å². The standard InChI is InChI=1S/C6H13BO2/c1-5(2)4-6(5,3)7(8)9/h8-9H,4H2,1-3H3. The second-order valence-corrected chi connectivity index (χ2v) is 3.85. The SMILES string of the molecule is CC1(C)CC1(C)B(O)O. The molecule has 0 amide bonds. The van der Waals surface area contributed by atoms with Crippen molar-refractivity contribution in [2.24, 2.45) is 5.41 Å². The van der Waals surface area contributed by atoms with Crippen molar-refractivity contribution in [1.82, 2.24) is 0 Å². The zero-order valence-electron chi connectivity index (χ0n) is 6.18. The van der Waals surface area contributed by atoms with Crippen LogP contribution in [0.4, 0.5) is 0 Å². The van der Waals surface area contributed by atoms with Crippen molar-refractivity contribution >= 4 is 7.12 Å². The average Bonchev–Trinajstić information content (AvgIpc) is 2.08. The number of rotatable bonds is 1. The van der Waals surface area contributed by atoms with Crippen LogP contribution in [0.15, 0.2) is 0 Å². The lowest BCUT2D eigenvalue weighted by Gasteiger charge is -2.11. The molecule has 0 aliphatic heterocycles. The fourth-order valence-corrected chi connectivity index (χ4v) is 1.31. The van der Waals surface area contributed by atoms with E-state index in [9.17, 15) is 0 Å². The summed E-state index contributed by atoms with van der Waals surface area (Å²) in [7, 11) is -1.15. The fraction of sp³-hybridized carbons (Fsp3) is 1.00. The first-order chi connectivity index (χ1) is 3.90. The molecule has 1 atom stereocenters. The van der Waals surface area contributed by atoms with Crippen molar-refractivity contribution in [3.63, 3.8) is 0 Å². The van der Waals surface area contributed by atoms with E-state index in [1.165, 1.54) is 0 Å². The van der Waals surface area contributed by atoms with Crippen molar-refractivity contribution in [2.45, 2.75) is 32.5 Å². The van der Waals surface area contributed by atoms with Gasteiger partial charge in [-0.2, -0.15) is 0 Å². The zero-order valence-corrected chi connectivity index (χ0v) is 6.18. The minimum absolute atomic E-state index is 0.126. The maximum atomic E-state index is 8.84. The highest BCUT2D eigenvalue weighted by Crippen LogP contribution is 2.70. The number of hydrogen-bond donors (Lipinski definition) is 2. The normalized spacial score (nSPS) is 38.3. The molecular weight excluding hydrogens is 115 g/mol. The molecule has 3 heteroatoms. The van der Waals surface area contributed by atoms with Gasteiger partial charge in [0.1, 0.15) is 0 Å². The van der Waals surface area contributed by atoms with Crippen molar-refractivity contribution in [1.29, 1.82) is 0 Å². The molecule has 1 aliphatic rings. The Balaban J connectivity index is 2.63. The molecule has 1 fully saturated rings. The minimum Gasteiger partial charge on any atom is -0.427 e. The molecule has 1 rings (SSSR count). The Morgan fingerprint density at radius 2 is 1.56 bits per heavy atom. The molecule has 0 radical (unpaired) electrons. The van der Waals surface area contributed by atoms with E-state index in [-0.39, 0.29) is 10.7 Å². The van der Waals surface area contributed by atoms with E-state index in [1.807, 2.05) is 20.8 Å². The molecule has 52 valence electrons. The minimum atomic E-state index is -1.15. The molecule has 0 aromatic rings. The van der Waals surface area contributed by atoms with E-state index < -0.39 is 7.12 Å². The first kappa shape index (κ1) is 7.10. The Labute approximate surface area is 56.0 Å². The van der Waals surface area contributed by atoms with Crippen LogP contribution in [-0.4, -0.2) is 17.2 Å². The summed E-state index contributed by atoms with van der Waals surface area (Å²) < 4.78 is 0. The Kier molecular flexibility index (Phi) is 1.20. The van der Waals surface area contributed by atoms with E-state index in [1.54, 1.807) is 0 Å². The molecule has 2 nitrogen and oxygen atoms in total. The summed E-state index contributed by atoms with van der Waals surface area (Å²) in [6.07, 6.45) is 0.914. The highest BCUT2D eigenvalue weighted by atomic mass is 16.4. The molecule has 0 saturated heterocycles. The van der Waals surface area contributed by atoms with Gasteiger partial charge in [-0.25, -0.2) is 0 Å². The van der Waals surface area contributed by atoms with Crippen LogP contribution in [-0.2, 0) is 0 Å². The second kappa shape index (κ2) is 1.52. The zero-order chi connectivity index (χ0) is 7.28. The first-order valence-corrected chi connectivity index (χ1v) is 3.26. The maximum absolute atomic E-state index is 8.84. The molecule has 2 N–H and O–H groups in total. The van der Waals surface area contributed by atoms with Gasteiger partial charge in [0, 0.05) is 5.31 Å². The Bertz CT molecular complexity index is 133. The van der Waals surface area contributed by atoms with Crippen LogP contribution in [0.25, 0.3) is 0 Å². The van der Waals surface area contributed by atoms with Gasteiger partial charge < -0.3 is 10.0 Å². The maximum Gasteiger partial charge on any atom is 0.458 e. The average molecular weight is 128 g/mol. The Morgan fingerprint density at radius 1 is 1.22 bits per heavy atom. The summed E-state index contributed by atoms with van der Waals surface area (Å²) in [6, 6.07) is 0. The van der Waals surface area contributed by atoms with Crippen LogP contribution in [0, 0.1) is 5.41 Å². The molecule has 0 aromatic carbocycles. The van der Waals surface area contributed by atoms with Gasteiger partial charge in [-0.05, 0) is 11.8 Å². The molecule has 0 bridgehead atoms. The lowest BCUT2D eigenvalue weighted by atomic mass is 9.66. The first-order valence-electron chi connectivity index (χ1n) is 3.26. The van der Waals surface area contributed by atoms with E-state index >= 15 is 0 Å². The van der Waals surface area contributed by atoms with Gasteiger partial charge in [-0.15, -0.1) is 0 Å². The summed E-state index contributed by atoms with van der Waals surface area (Å²) >= 11 is 0. The molecule has 0 spiro atoms. The topological polar surface area (TPSA) is 40.5 Å². The summed E-state index contributed by atoms with van der Waals surface area (Å²) in [6.45, 7) is 6.00. The highest BCUT2D eigenvalue weighted by Gasteiger charge is 2.64.